The second kappa shape index (κ2) is 6.96. The Morgan fingerprint density at radius 3 is 2.25 bits per heavy atom. The lowest BCUT2D eigenvalue weighted by Gasteiger charge is -1.98. The van der Waals surface area contributed by atoms with Gasteiger partial charge in [-0.3, -0.25) is 0 Å². The van der Waals surface area contributed by atoms with E-state index in [2.05, 4.69) is 37.3 Å². The smallest absolute Gasteiger partial charge is 0 e. The molecular formula is C11H16B. The van der Waals surface area contributed by atoms with E-state index in [0.717, 1.165) is 0 Å². The van der Waals surface area contributed by atoms with Crippen molar-refractivity contribution in [2.45, 2.75) is 32.6 Å². The molecule has 0 aliphatic heterocycles. The van der Waals surface area contributed by atoms with Crippen molar-refractivity contribution in [3.05, 3.63) is 35.9 Å². The van der Waals surface area contributed by atoms with E-state index in [-0.39, 0.29) is 8.41 Å². The highest BCUT2D eigenvalue weighted by atomic mass is 13.9. The number of rotatable bonds is 4. The summed E-state index contributed by atoms with van der Waals surface area (Å²) in [6, 6.07) is 10.7. The second-order valence-corrected chi connectivity index (χ2v) is 2.94. The fourth-order valence-electron chi connectivity index (χ4n) is 1.22. The Morgan fingerprint density at radius 1 is 1.00 bits per heavy atom. The van der Waals surface area contributed by atoms with Crippen molar-refractivity contribution in [2.24, 2.45) is 0 Å². The molecule has 0 bridgehead atoms. The molecule has 0 N–H and O–H groups in total. The normalized spacial score (nSPS) is 9.08. The van der Waals surface area contributed by atoms with E-state index in [4.69, 9.17) is 0 Å². The number of hydrogen-bond donors (Lipinski definition) is 0. The van der Waals surface area contributed by atoms with Crippen LogP contribution in [0.1, 0.15) is 31.7 Å². The van der Waals surface area contributed by atoms with Crippen LogP contribution >= 0.6 is 0 Å². The molecule has 0 atom stereocenters. The quantitative estimate of drug-likeness (QED) is 0.467. The zero-order valence-electron chi connectivity index (χ0n) is 7.79. The molecular weight excluding hydrogens is 143 g/mol. The SMILES string of the molecule is CCCCCc1ccccc1.[B]. The highest BCUT2D eigenvalue weighted by molar-refractivity contribution is 5.75. The molecule has 0 unspecified atom stereocenters. The highest BCUT2D eigenvalue weighted by Crippen LogP contribution is 2.05. The fourth-order valence-corrected chi connectivity index (χ4v) is 1.22. The van der Waals surface area contributed by atoms with Gasteiger partial charge >= 0.3 is 0 Å². The molecule has 0 fully saturated rings. The lowest BCUT2D eigenvalue weighted by molar-refractivity contribution is 0.717. The molecule has 0 aromatic heterocycles. The van der Waals surface area contributed by atoms with E-state index >= 15 is 0 Å². The van der Waals surface area contributed by atoms with Crippen LogP contribution in [-0.4, -0.2) is 8.41 Å². The summed E-state index contributed by atoms with van der Waals surface area (Å²) in [5.74, 6) is 0. The van der Waals surface area contributed by atoms with Crippen molar-refractivity contribution in [1.82, 2.24) is 0 Å². The van der Waals surface area contributed by atoms with Gasteiger partial charge in [-0.1, -0.05) is 50.1 Å². The first-order chi connectivity index (χ1) is 5.43. The maximum Gasteiger partial charge on any atom is 0 e. The number of unbranched alkanes of at least 4 members (excludes halogenated alkanes) is 2. The zero-order valence-corrected chi connectivity index (χ0v) is 7.79. The molecule has 1 heteroatoms. The van der Waals surface area contributed by atoms with Gasteiger partial charge in [-0.05, 0) is 18.4 Å². The molecule has 3 radical (unpaired) electrons. The van der Waals surface area contributed by atoms with E-state index in [1.165, 1.54) is 31.2 Å². The van der Waals surface area contributed by atoms with Crippen LogP contribution in [0.2, 0.25) is 0 Å². The standard InChI is InChI=1S/C11H16.B/c1-2-3-5-8-11-9-6-4-7-10-11;/h4,6-7,9-10H,2-3,5,8H2,1H3;. The fraction of sp³-hybridized carbons (Fsp3) is 0.455. The first-order valence-electron chi connectivity index (χ1n) is 4.47. The Kier molecular flexibility index (Phi) is 6.55. The predicted octanol–water partition coefficient (Wildman–Crippen LogP) is 3.04. The molecule has 63 valence electrons. The van der Waals surface area contributed by atoms with Crippen LogP contribution in [0.3, 0.4) is 0 Å². The van der Waals surface area contributed by atoms with Crippen molar-refractivity contribution < 1.29 is 0 Å². The molecule has 1 aromatic rings. The average molecular weight is 159 g/mol. The molecule has 0 nitrogen and oxygen atoms in total. The van der Waals surface area contributed by atoms with Crippen LogP contribution in [-0.2, 0) is 6.42 Å². The minimum atomic E-state index is 0. The van der Waals surface area contributed by atoms with Gasteiger partial charge in [-0.25, -0.2) is 0 Å². The van der Waals surface area contributed by atoms with Gasteiger partial charge in [0.15, 0.2) is 0 Å². The van der Waals surface area contributed by atoms with Gasteiger partial charge in [0.25, 0.3) is 0 Å². The van der Waals surface area contributed by atoms with Crippen LogP contribution in [0.15, 0.2) is 30.3 Å². The Balaban J connectivity index is 0.00000121. The van der Waals surface area contributed by atoms with Crippen LogP contribution in [0, 0.1) is 0 Å². The van der Waals surface area contributed by atoms with E-state index in [1.54, 1.807) is 0 Å². The first-order valence-corrected chi connectivity index (χ1v) is 4.47. The Bertz CT molecular complexity index is 181. The highest BCUT2D eigenvalue weighted by Gasteiger charge is 1.89. The van der Waals surface area contributed by atoms with Crippen LogP contribution in [0.25, 0.3) is 0 Å². The van der Waals surface area contributed by atoms with Crippen LogP contribution in [0.5, 0.6) is 0 Å². The monoisotopic (exact) mass is 159 g/mol. The van der Waals surface area contributed by atoms with Crippen LogP contribution < -0.4 is 0 Å². The largest absolute Gasteiger partial charge is 0.0654 e. The van der Waals surface area contributed by atoms with Crippen molar-refractivity contribution in [3.63, 3.8) is 0 Å². The summed E-state index contributed by atoms with van der Waals surface area (Å²) in [5, 5.41) is 0. The molecule has 0 spiro atoms. The molecule has 0 heterocycles. The number of benzene rings is 1. The van der Waals surface area contributed by atoms with Gasteiger partial charge in [0.1, 0.15) is 0 Å². The van der Waals surface area contributed by atoms with E-state index < -0.39 is 0 Å². The molecule has 0 saturated carbocycles. The molecule has 1 aromatic carbocycles. The van der Waals surface area contributed by atoms with Crippen molar-refractivity contribution in [3.8, 4) is 0 Å². The minimum Gasteiger partial charge on any atom is -0.0654 e. The second-order valence-electron chi connectivity index (χ2n) is 2.94. The van der Waals surface area contributed by atoms with Crippen LogP contribution in [0.4, 0.5) is 0 Å². The average Bonchev–Trinajstić information content (AvgIpc) is 2.07. The van der Waals surface area contributed by atoms with Gasteiger partial charge in [-0.15, -0.1) is 0 Å². The summed E-state index contributed by atoms with van der Waals surface area (Å²) in [6.45, 7) is 2.24. The van der Waals surface area contributed by atoms with E-state index in [1.807, 2.05) is 0 Å². The van der Waals surface area contributed by atoms with Gasteiger partial charge in [0, 0.05) is 8.41 Å². The van der Waals surface area contributed by atoms with Crippen molar-refractivity contribution in [1.29, 1.82) is 0 Å². The minimum absolute atomic E-state index is 0. The Hall–Kier alpha value is -0.715. The van der Waals surface area contributed by atoms with Gasteiger partial charge in [0.05, 0.1) is 0 Å². The molecule has 12 heavy (non-hydrogen) atoms. The third-order valence-corrected chi connectivity index (χ3v) is 1.91. The Labute approximate surface area is 77.6 Å². The summed E-state index contributed by atoms with van der Waals surface area (Å²) in [6.07, 6.45) is 5.25. The summed E-state index contributed by atoms with van der Waals surface area (Å²) in [7, 11) is 0. The lowest BCUT2D eigenvalue weighted by Crippen LogP contribution is -1.83. The summed E-state index contributed by atoms with van der Waals surface area (Å²) in [4.78, 5) is 0. The topological polar surface area (TPSA) is 0 Å². The van der Waals surface area contributed by atoms with Gasteiger partial charge < -0.3 is 0 Å². The van der Waals surface area contributed by atoms with E-state index in [0.29, 0.717) is 0 Å². The van der Waals surface area contributed by atoms with Gasteiger partial charge in [-0.2, -0.15) is 0 Å². The van der Waals surface area contributed by atoms with Crippen molar-refractivity contribution in [2.75, 3.05) is 0 Å². The predicted molar refractivity (Wildman–Crippen MR) is 55.4 cm³/mol. The molecule has 0 aliphatic rings. The molecule has 1 rings (SSSR count). The molecule has 0 saturated heterocycles. The molecule has 0 amide bonds. The van der Waals surface area contributed by atoms with Crippen molar-refractivity contribution >= 4 is 8.41 Å². The maximum atomic E-state index is 2.24. The number of aryl methyl sites for hydroxylation is 1. The Morgan fingerprint density at radius 2 is 1.67 bits per heavy atom. The summed E-state index contributed by atoms with van der Waals surface area (Å²) < 4.78 is 0. The van der Waals surface area contributed by atoms with Gasteiger partial charge in [0.2, 0.25) is 0 Å². The maximum absolute atomic E-state index is 2.24. The summed E-state index contributed by atoms with van der Waals surface area (Å²) >= 11 is 0. The first kappa shape index (κ1) is 11.3. The lowest BCUT2D eigenvalue weighted by atomic mass is 10.1. The van der Waals surface area contributed by atoms with E-state index in [9.17, 15) is 0 Å². The molecule has 0 aliphatic carbocycles. The summed E-state index contributed by atoms with van der Waals surface area (Å²) in [5.41, 5.74) is 1.47. The zero-order chi connectivity index (χ0) is 7.94. The third-order valence-electron chi connectivity index (χ3n) is 1.91. The number of hydrogen-bond acceptors (Lipinski definition) is 0. The third kappa shape index (κ3) is 4.22.